The summed E-state index contributed by atoms with van der Waals surface area (Å²) < 4.78 is 35.3. The molecular formula is C14H38O6Si3. The molecule has 0 heterocycles. The fourth-order valence-corrected chi connectivity index (χ4v) is 8.76. The molecule has 0 fully saturated rings. The van der Waals surface area contributed by atoms with Gasteiger partial charge in [0.05, 0.1) is 0 Å². The molecule has 0 N–H and O–H groups in total. The summed E-state index contributed by atoms with van der Waals surface area (Å²) in [5.74, 6) is 0. The van der Waals surface area contributed by atoms with Gasteiger partial charge in [-0.2, -0.15) is 0 Å². The summed E-state index contributed by atoms with van der Waals surface area (Å²) in [6.45, 7) is 15.1. The largest absolute Gasteiger partial charge is 0.500 e. The predicted molar refractivity (Wildman–Crippen MR) is 102 cm³/mol. The Morgan fingerprint density at radius 1 is 0.435 bits per heavy atom. The van der Waals surface area contributed by atoms with Gasteiger partial charge in [0.2, 0.25) is 0 Å². The molecule has 0 spiro atoms. The molecule has 0 aromatic carbocycles. The van der Waals surface area contributed by atoms with Gasteiger partial charge >= 0.3 is 17.6 Å². The van der Waals surface area contributed by atoms with Gasteiger partial charge in [0.1, 0.15) is 0 Å². The zero-order valence-corrected chi connectivity index (χ0v) is 17.1. The molecule has 0 unspecified atom stereocenters. The van der Waals surface area contributed by atoms with Crippen molar-refractivity contribution in [3.8, 4) is 0 Å². The van der Waals surface area contributed by atoms with Crippen molar-refractivity contribution < 1.29 is 26.6 Å². The van der Waals surface area contributed by atoms with Gasteiger partial charge in [0, 0.05) is 51.7 Å². The molecule has 9 heteroatoms. The monoisotopic (exact) mass is 386 g/mol. The minimum atomic E-state index is -2.70. The molecule has 0 bridgehead atoms. The highest BCUT2D eigenvalue weighted by Gasteiger charge is 2.48. The van der Waals surface area contributed by atoms with E-state index in [0.29, 0.717) is 51.7 Å². The fraction of sp³-hybridized carbons (Fsp3) is 1.00. The second kappa shape index (κ2) is 14.7. The summed E-state index contributed by atoms with van der Waals surface area (Å²) >= 11 is 0. The van der Waals surface area contributed by atoms with Crippen LogP contribution in [0.1, 0.15) is 41.5 Å². The Morgan fingerprint density at radius 3 is 0.739 bits per heavy atom. The quantitative estimate of drug-likeness (QED) is 0.399. The van der Waals surface area contributed by atoms with Gasteiger partial charge in [-0.25, -0.2) is 0 Å². The summed E-state index contributed by atoms with van der Waals surface area (Å²) in [6.07, 6.45) is 0. The van der Waals surface area contributed by atoms with E-state index in [1.54, 1.807) is 0 Å². The van der Waals surface area contributed by atoms with Crippen molar-refractivity contribution in [1.82, 2.24) is 0 Å². The predicted octanol–water partition coefficient (Wildman–Crippen LogP) is 1.63. The molecule has 0 amide bonds. The van der Waals surface area contributed by atoms with Crippen molar-refractivity contribution in [3.63, 3.8) is 0 Å². The van der Waals surface area contributed by atoms with Crippen LogP contribution in [0.5, 0.6) is 0 Å². The van der Waals surface area contributed by atoms with Crippen LogP contribution < -0.4 is 0 Å². The third kappa shape index (κ3) is 9.46. The van der Waals surface area contributed by atoms with Crippen LogP contribution in [0, 0.1) is 0 Å². The van der Waals surface area contributed by atoms with Crippen LogP contribution in [0.15, 0.2) is 0 Å². The molecule has 23 heavy (non-hydrogen) atoms. The van der Waals surface area contributed by atoms with Crippen LogP contribution in [-0.2, 0) is 26.6 Å². The van der Waals surface area contributed by atoms with E-state index in [1.807, 2.05) is 41.5 Å². The third-order valence-corrected chi connectivity index (χ3v) is 9.52. The van der Waals surface area contributed by atoms with Gasteiger partial charge in [-0.15, -0.1) is 0 Å². The molecule has 0 aromatic heterocycles. The van der Waals surface area contributed by atoms with E-state index in [4.69, 9.17) is 26.6 Å². The topological polar surface area (TPSA) is 55.4 Å². The molecule has 142 valence electrons. The van der Waals surface area contributed by atoms with Gasteiger partial charge in [0.15, 0.2) is 0 Å². The van der Waals surface area contributed by atoms with E-state index in [2.05, 4.69) is 0 Å². The van der Waals surface area contributed by atoms with Crippen LogP contribution in [-0.4, -0.2) is 68.2 Å². The highest BCUT2D eigenvalue weighted by molar-refractivity contribution is 6.66. The van der Waals surface area contributed by atoms with Crippen LogP contribution in [0.2, 0.25) is 12.1 Å². The third-order valence-electron chi connectivity index (χ3n) is 2.92. The lowest BCUT2D eigenvalue weighted by Gasteiger charge is -2.33. The van der Waals surface area contributed by atoms with Crippen molar-refractivity contribution in [1.29, 1.82) is 0 Å². The van der Waals surface area contributed by atoms with E-state index >= 15 is 0 Å². The summed E-state index contributed by atoms with van der Waals surface area (Å²) in [5.41, 5.74) is 0. The fourth-order valence-electron chi connectivity index (χ4n) is 2.31. The maximum absolute atomic E-state index is 5.89. The molecule has 0 saturated heterocycles. The van der Waals surface area contributed by atoms with Gasteiger partial charge in [-0.1, -0.05) is 0 Å². The van der Waals surface area contributed by atoms with Gasteiger partial charge in [0.25, 0.3) is 0 Å². The first-order valence-electron chi connectivity index (χ1n) is 8.41. The van der Waals surface area contributed by atoms with E-state index in [-0.39, 0.29) is 11.0 Å². The van der Waals surface area contributed by atoms with E-state index < -0.39 is 17.6 Å². The maximum atomic E-state index is 5.89. The van der Waals surface area contributed by atoms with Gasteiger partial charge in [-0.05, 0) is 52.5 Å². The highest BCUT2D eigenvalue weighted by atomic mass is 28.4. The molecule has 0 radical (unpaired) electrons. The minimum absolute atomic E-state index is 0. The first kappa shape index (κ1) is 25.6. The van der Waals surface area contributed by atoms with Gasteiger partial charge in [-0.3, -0.25) is 0 Å². The van der Waals surface area contributed by atoms with Crippen molar-refractivity contribution in [3.05, 3.63) is 0 Å². The molecule has 0 rings (SSSR count). The van der Waals surface area contributed by atoms with E-state index in [0.717, 1.165) is 0 Å². The van der Waals surface area contributed by atoms with E-state index in [9.17, 15) is 0 Å². The molecule has 0 aliphatic carbocycles. The lowest BCUT2D eigenvalue weighted by atomic mass is 10.9. The second-order valence-electron chi connectivity index (χ2n) is 4.46. The van der Waals surface area contributed by atoms with Crippen molar-refractivity contribution >= 4 is 28.6 Å². The molecule has 0 aliphatic rings. The maximum Gasteiger partial charge on any atom is 0.500 e. The smallest absolute Gasteiger partial charge is 0.374 e. The SMILES string of the molecule is CCO[Si](CC[Si](OCC)(OCC)OCC)(OCC)OCC.[SiH4]. The Labute approximate surface area is 148 Å². The summed E-state index contributed by atoms with van der Waals surface area (Å²) in [7, 11) is -5.40. The standard InChI is InChI=1S/C14H34O6Si2.H4Si/c1-7-15-21(16-8-2,17-9-3)13-14-22(18-10-4,19-11-5)20-12-6;/h7-14H2,1-6H3;1H4. The van der Waals surface area contributed by atoms with Crippen LogP contribution in [0.25, 0.3) is 0 Å². The van der Waals surface area contributed by atoms with Gasteiger partial charge < -0.3 is 26.6 Å². The second-order valence-corrected chi connectivity index (χ2v) is 9.93. The van der Waals surface area contributed by atoms with Crippen molar-refractivity contribution in [2.45, 2.75) is 53.6 Å². The Morgan fingerprint density at radius 2 is 0.609 bits per heavy atom. The van der Waals surface area contributed by atoms with Crippen LogP contribution >= 0.6 is 0 Å². The molecule has 0 atom stereocenters. The van der Waals surface area contributed by atoms with E-state index in [1.165, 1.54) is 0 Å². The number of rotatable bonds is 15. The summed E-state index contributed by atoms with van der Waals surface area (Å²) in [5, 5.41) is 0. The average Bonchev–Trinajstić information content (AvgIpc) is 2.47. The molecular weight excluding hydrogens is 348 g/mol. The Balaban J connectivity index is 0. The van der Waals surface area contributed by atoms with Crippen molar-refractivity contribution in [2.24, 2.45) is 0 Å². The zero-order valence-electron chi connectivity index (χ0n) is 15.1. The van der Waals surface area contributed by atoms with Crippen LogP contribution in [0.4, 0.5) is 0 Å². The first-order chi connectivity index (χ1) is 10.6. The lowest BCUT2D eigenvalue weighted by Crippen LogP contribution is -2.51. The average molecular weight is 387 g/mol. The number of hydrogen-bond acceptors (Lipinski definition) is 6. The normalized spacial score (nSPS) is 12.3. The minimum Gasteiger partial charge on any atom is -0.374 e. The highest BCUT2D eigenvalue weighted by Crippen LogP contribution is 2.26. The molecule has 0 saturated carbocycles. The summed E-state index contributed by atoms with van der Waals surface area (Å²) in [4.78, 5) is 0. The number of hydrogen-bond donors (Lipinski definition) is 0. The Bertz CT molecular complexity index is 211. The zero-order chi connectivity index (χ0) is 16.9. The van der Waals surface area contributed by atoms with Crippen LogP contribution in [0.3, 0.4) is 0 Å². The molecule has 0 aromatic rings. The summed E-state index contributed by atoms with van der Waals surface area (Å²) in [6, 6.07) is 1.30. The lowest BCUT2D eigenvalue weighted by molar-refractivity contribution is 0.0584. The molecule has 6 nitrogen and oxygen atoms in total. The van der Waals surface area contributed by atoms with Crippen molar-refractivity contribution in [2.75, 3.05) is 39.6 Å². The molecule has 0 aliphatic heterocycles. The first-order valence-corrected chi connectivity index (χ1v) is 12.3. The Hall–Kier alpha value is 0.411. The Kier molecular flexibility index (Phi) is 16.4.